The normalized spacial score (nSPS) is 10.9. The molecule has 0 fully saturated rings. The van der Waals surface area contributed by atoms with Crippen LogP contribution in [0.5, 0.6) is 0 Å². The van der Waals surface area contributed by atoms with Crippen molar-refractivity contribution in [1.29, 1.82) is 0 Å². The molecule has 0 radical (unpaired) electrons. The van der Waals surface area contributed by atoms with Gasteiger partial charge in [0.05, 0.1) is 0 Å². The molecule has 0 saturated heterocycles. The lowest BCUT2D eigenvalue weighted by molar-refractivity contribution is 0.258. The van der Waals surface area contributed by atoms with Gasteiger partial charge in [-0.25, -0.2) is 0 Å². The summed E-state index contributed by atoms with van der Waals surface area (Å²) < 4.78 is 0. The summed E-state index contributed by atoms with van der Waals surface area (Å²) in [4.78, 5) is 2.38. The van der Waals surface area contributed by atoms with E-state index in [0.29, 0.717) is 0 Å². The van der Waals surface area contributed by atoms with Crippen LogP contribution >= 0.6 is 11.6 Å². The highest BCUT2D eigenvalue weighted by molar-refractivity contribution is 6.31. The standard InChI is InChI=1S/C17H21ClN2/c1-2-11-20(12-14-7-4-3-5-8-14)13-15-16(18)9-6-10-17(15)19/h3-10H,2,11-13,19H2,1H3. The van der Waals surface area contributed by atoms with Crippen molar-refractivity contribution in [2.24, 2.45) is 0 Å². The van der Waals surface area contributed by atoms with Crippen LogP contribution in [0.4, 0.5) is 5.69 Å². The molecule has 0 heterocycles. The molecule has 0 aliphatic carbocycles. The minimum atomic E-state index is 0.749. The third-order valence-electron chi connectivity index (χ3n) is 3.33. The lowest BCUT2D eigenvalue weighted by Gasteiger charge is -2.23. The van der Waals surface area contributed by atoms with Crippen LogP contribution in [0.25, 0.3) is 0 Å². The Hall–Kier alpha value is -1.51. The SMILES string of the molecule is CCCN(Cc1ccccc1)Cc1c(N)cccc1Cl. The minimum absolute atomic E-state index is 0.749. The summed E-state index contributed by atoms with van der Waals surface area (Å²) in [6.07, 6.45) is 1.11. The van der Waals surface area contributed by atoms with Gasteiger partial charge in [0.15, 0.2) is 0 Å². The zero-order valence-electron chi connectivity index (χ0n) is 11.8. The smallest absolute Gasteiger partial charge is 0.0471 e. The molecule has 0 aliphatic heterocycles. The molecular weight excluding hydrogens is 268 g/mol. The van der Waals surface area contributed by atoms with E-state index in [1.54, 1.807) is 0 Å². The molecule has 0 spiro atoms. The highest BCUT2D eigenvalue weighted by atomic mass is 35.5. The topological polar surface area (TPSA) is 29.3 Å². The molecule has 2 aromatic rings. The summed E-state index contributed by atoms with van der Waals surface area (Å²) in [5.41, 5.74) is 9.16. The molecule has 2 nitrogen and oxygen atoms in total. The number of nitrogens with two attached hydrogens (primary N) is 1. The first-order valence-corrected chi connectivity index (χ1v) is 7.37. The van der Waals surface area contributed by atoms with Crippen LogP contribution in [0.15, 0.2) is 48.5 Å². The number of hydrogen-bond acceptors (Lipinski definition) is 2. The lowest BCUT2D eigenvalue weighted by Crippen LogP contribution is -2.24. The van der Waals surface area contributed by atoms with Crippen molar-refractivity contribution < 1.29 is 0 Å². The molecule has 0 unspecified atom stereocenters. The first kappa shape index (κ1) is 14.9. The second-order valence-electron chi connectivity index (χ2n) is 5.00. The number of hydrogen-bond donors (Lipinski definition) is 1. The third-order valence-corrected chi connectivity index (χ3v) is 3.68. The van der Waals surface area contributed by atoms with Crippen LogP contribution in [-0.2, 0) is 13.1 Å². The Morgan fingerprint density at radius 1 is 1.00 bits per heavy atom. The van der Waals surface area contributed by atoms with Gasteiger partial charge in [-0.15, -0.1) is 0 Å². The molecule has 2 N–H and O–H groups in total. The predicted octanol–water partition coefficient (Wildman–Crippen LogP) is 4.33. The van der Waals surface area contributed by atoms with Gasteiger partial charge < -0.3 is 5.73 Å². The summed E-state index contributed by atoms with van der Waals surface area (Å²) in [6, 6.07) is 16.2. The maximum Gasteiger partial charge on any atom is 0.0471 e. The molecule has 2 aromatic carbocycles. The van der Waals surface area contributed by atoms with Gasteiger partial charge in [-0.2, -0.15) is 0 Å². The largest absolute Gasteiger partial charge is 0.398 e. The van der Waals surface area contributed by atoms with Gasteiger partial charge >= 0.3 is 0 Å². The molecule has 0 aromatic heterocycles. The number of nitrogen functional groups attached to an aromatic ring is 1. The van der Waals surface area contributed by atoms with E-state index in [2.05, 4.69) is 36.1 Å². The van der Waals surface area contributed by atoms with Crippen molar-refractivity contribution in [2.45, 2.75) is 26.4 Å². The molecule has 0 saturated carbocycles. The summed E-state index contributed by atoms with van der Waals surface area (Å²) in [6.45, 7) is 4.92. The molecule has 20 heavy (non-hydrogen) atoms. The third kappa shape index (κ3) is 3.99. The van der Waals surface area contributed by atoms with E-state index in [4.69, 9.17) is 17.3 Å². The number of halogens is 1. The fraction of sp³-hybridized carbons (Fsp3) is 0.294. The summed E-state index contributed by atoms with van der Waals surface area (Å²) in [5.74, 6) is 0. The van der Waals surface area contributed by atoms with Crippen molar-refractivity contribution in [3.63, 3.8) is 0 Å². The van der Waals surface area contributed by atoms with Gasteiger partial charge in [0.1, 0.15) is 0 Å². The Kier molecular flexibility index (Phi) is 5.45. The highest BCUT2D eigenvalue weighted by Gasteiger charge is 2.11. The van der Waals surface area contributed by atoms with Gasteiger partial charge in [0.25, 0.3) is 0 Å². The summed E-state index contributed by atoms with van der Waals surface area (Å²) in [7, 11) is 0. The van der Waals surface area contributed by atoms with Crippen LogP contribution in [0.3, 0.4) is 0 Å². The monoisotopic (exact) mass is 288 g/mol. The molecule has 0 bridgehead atoms. The number of nitrogens with zero attached hydrogens (tertiary/aromatic N) is 1. The highest BCUT2D eigenvalue weighted by Crippen LogP contribution is 2.24. The number of rotatable bonds is 6. The molecule has 0 amide bonds. The average Bonchev–Trinajstić information content (AvgIpc) is 2.44. The summed E-state index contributed by atoms with van der Waals surface area (Å²) >= 11 is 6.27. The van der Waals surface area contributed by atoms with Gasteiger partial charge in [-0.3, -0.25) is 4.90 Å². The first-order valence-electron chi connectivity index (χ1n) is 7.00. The molecular formula is C17H21ClN2. The van der Waals surface area contributed by atoms with Crippen molar-refractivity contribution in [1.82, 2.24) is 4.90 Å². The molecule has 0 atom stereocenters. The van der Waals surface area contributed by atoms with Crippen LogP contribution in [0.2, 0.25) is 5.02 Å². The van der Waals surface area contributed by atoms with Crippen LogP contribution < -0.4 is 5.73 Å². The Bertz CT molecular complexity index is 520. The Balaban J connectivity index is 2.13. The molecule has 0 aliphatic rings. The van der Waals surface area contributed by atoms with E-state index in [1.807, 2.05) is 24.3 Å². The first-order chi connectivity index (χ1) is 9.70. The van der Waals surface area contributed by atoms with E-state index in [0.717, 1.165) is 42.3 Å². The maximum absolute atomic E-state index is 6.27. The Morgan fingerprint density at radius 3 is 2.40 bits per heavy atom. The molecule has 2 rings (SSSR count). The minimum Gasteiger partial charge on any atom is -0.398 e. The Morgan fingerprint density at radius 2 is 1.75 bits per heavy atom. The Labute approximate surface area is 126 Å². The second kappa shape index (κ2) is 7.32. The second-order valence-corrected chi connectivity index (χ2v) is 5.41. The zero-order chi connectivity index (χ0) is 14.4. The van der Waals surface area contributed by atoms with Gasteiger partial charge in [0.2, 0.25) is 0 Å². The number of benzene rings is 2. The predicted molar refractivity (Wildman–Crippen MR) is 86.7 cm³/mol. The molecule has 106 valence electrons. The van der Waals surface area contributed by atoms with Crippen molar-refractivity contribution in [3.8, 4) is 0 Å². The zero-order valence-corrected chi connectivity index (χ0v) is 12.6. The van der Waals surface area contributed by atoms with E-state index in [1.165, 1.54) is 5.56 Å². The lowest BCUT2D eigenvalue weighted by atomic mass is 10.1. The van der Waals surface area contributed by atoms with Gasteiger partial charge in [-0.05, 0) is 30.7 Å². The van der Waals surface area contributed by atoms with E-state index < -0.39 is 0 Å². The fourth-order valence-corrected chi connectivity index (χ4v) is 2.58. The van der Waals surface area contributed by atoms with Gasteiger partial charge in [-0.1, -0.05) is 54.9 Å². The van der Waals surface area contributed by atoms with Crippen molar-refractivity contribution in [2.75, 3.05) is 12.3 Å². The fourth-order valence-electron chi connectivity index (χ4n) is 2.34. The quantitative estimate of drug-likeness (QED) is 0.802. The van der Waals surface area contributed by atoms with Crippen LogP contribution in [-0.4, -0.2) is 11.4 Å². The average molecular weight is 289 g/mol. The summed E-state index contributed by atoms with van der Waals surface area (Å²) in [5, 5.41) is 0.749. The van der Waals surface area contributed by atoms with E-state index >= 15 is 0 Å². The van der Waals surface area contributed by atoms with Crippen molar-refractivity contribution >= 4 is 17.3 Å². The van der Waals surface area contributed by atoms with E-state index in [9.17, 15) is 0 Å². The van der Waals surface area contributed by atoms with Crippen LogP contribution in [0, 0.1) is 0 Å². The van der Waals surface area contributed by atoms with E-state index in [-0.39, 0.29) is 0 Å². The maximum atomic E-state index is 6.27. The number of anilines is 1. The van der Waals surface area contributed by atoms with Crippen LogP contribution in [0.1, 0.15) is 24.5 Å². The van der Waals surface area contributed by atoms with Crippen molar-refractivity contribution in [3.05, 3.63) is 64.7 Å². The van der Waals surface area contributed by atoms with Gasteiger partial charge in [0, 0.05) is 29.4 Å². The molecule has 3 heteroatoms.